The first kappa shape index (κ1) is 34.6. The standard InChI is InChI=1S/C34H32Br2ClFN2O8/c1-34-20(31(45)40(33(34)47)15-7-10-22(38)21(37)12-15)13-18-16(26(34)19-14-23(48-2)29(43)28(36)27(19)35)8-9-17-25(18)32(46)39(30(17)44)11-5-3-4-6-24(41)42/h7-8,10,12,14,17-18,20,25-26,43H,3-6,9,11,13H2,1-2H3,(H,41,42)/t17-,18+,20-,25-,26+,34+/m0/s1. The Kier molecular flexibility index (Phi) is 9.27. The predicted molar refractivity (Wildman–Crippen MR) is 179 cm³/mol. The predicted octanol–water partition coefficient (Wildman–Crippen LogP) is 6.59. The van der Waals surface area contributed by atoms with Crippen molar-refractivity contribution in [1.29, 1.82) is 0 Å². The lowest BCUT2D eigenvalue weighted by Gasteiger charge is -2.49. The van der Waals surface area contributed by atoms with Crippen molar-refractivity contribution in [2.45, 2.75) is 51.4 Å². The summed E-state index contributed by atoms with van der Waals surface area (Å²) in [5, 5.41) is 19.4. The summed E-state index contributed by atoms with van der Waals surface area (Å²) in [7, 11) is 1.39. The molecule has 2 aromatic rings. The monoisotopic (exact) mass is 808 g/mol. The van der Waals surface area contributed by atoms with Gasteiger partial charge in [-0.05, 0) is 100 Å². The highest BCUT2D eigenvalue weighted by atomic mass is 79.9. The quantitative estimate of drug-likeness (QED) is 0.164. The van der Waals surface area contributed by atoms with Gasteiger partial charge < -0.3 is 14.9 Å². The van der Waals surface area contributed by atoms with Gasteiger partial charge >= 0.3 is 5.97 Å². The number of amides is 4. The topological polar surface area (TPSA) is 142 Å². The Morgan fingerprint density at radius 2 is 1.79 bits per heavy atom. The van der Waals surface area contributed by atoms with Crippen molar-refractivity contribution in [2.75, 3.05) is 18.6 Å². The van der Waals surface area contributed by atoms with Crippen molar-refractivity contribution in [3.8, 4) is 11.5 Å². The van der Waals surface area contributed by atoms with Crippen molar-refractivity contribution >= 4 is 78.7 Å². The SMILES string of the molecule is COc1cc([C@H]2C3=CC[C@@H]4C(=O)N(CCCCCC(=O)O)C(=O)[C@@H]4[C@@H]3C[C@H]3C(=O)N(c4ccc(F)c(Cl)c4)C(=O)[C@@]23C)c(Br)c(Br)c1O. The van der Waals surface area contributed by atoms with Gasteiger partial charge in [-0.15, -0.1) is 0 Å². The van der Waals surface area contributed by atoms with Crippen LogP contribution in [0, 0.1) is 34.9 Å². The number of aromatic hydroxyl groups is 1. The number of unbranched alkanes of at least 4 members (excludes halogenated alkanes) is 2. The molecule has 48 heavy (non-hydrogen) atoms. The number of carboxylic acid groups (broad SMARTS) is 1. The molecule has 2 aliphatic carbocycles. The molecule has 2 N–H and O–H groups in total. The third-order valence-electron chi connectivity index (χ3n) is 10.5. The number of phenolic OH excluding ortho intramolecular Hbond substituents is 1. The minimum Gasteiger partial charge on any atom is -0.503 e. The van der Waals surface area contributed by atoms with E-state index in [9.17, 15) is 33.5 Å². The number of benzene rings is 2. The van der Waals surface area contributed by atoms with Crippen LogP contribution in [-0.2, 0) is 24.0 Å². The zero-order valence-electron chi connectivity index (χ0n) is 26.0. The maximum absolute atomic E-state index is 14.6. The van der Waals surface area contributed by atoms with Crippen LogP contribution >= 0.6 is 43.5 Å². The third kappa shape index (κ3) is 5.27. The zero-order valence-corrected chi connectivity index (χ0v) is 29.9. The molecule has 2 aromatic carbocycles. The first-order valence-corrected chi connectivity index (χ1v) is 17.6. The number of nitrogens with zero attached hydrogens (tertiary/aromatic N) is 2. The molecule has 6 atom stereocenters. The maximum Gasteiger partial charge on any atom is 0.303 e. The summed E-state index contributed by atoms with van der Waals surface area (Å²) in [6.07, 6.45) is 3.73. The molecule has 0 unspecified atom stereocenters. The number of halogens is 4. The summed E-state index contributed by atoms with van der Waals surface area (Å²) < 4.78 is 20.3. The number of fused-ring (bicyclic) bond motifs is 4. The Morgan fingerprint density at radius 1 is 1.06 bits per heavy atom. The lowest BCUT2D eigenvalue weighted by molar-refractivity contribution is -0.141. The fourth-order valence-electron chi connectivity index (χ4n) is 8.22. The lowest BCUT2D eigenvalue weighted by atomic mass is 9.51. The van der Waals surface area contributed by atoms with E-state index < -0.39 is 58.6 Å². The molecule has 14 heteroatoms. The fourth-order valence-corrected chi connectivity index (χ4v) is 9.35. The molecule has 254 valence electrons. The molecule has 6 rings (SSSR count). The van der Waals surface area contributed by atoms with Crippen LogP contribution in [0.1, 0.15) is 56.9 Å². The lowest BCUT2D eigenvalue weighted by Crippen LogP contribution is -2.49. The Labute approximate surface area is 297 Å². The summed E-state index contributed by atoms with van der Waals surface area (Å²) in [6.45, 7) is 1.88. The Bertz CT molecular complexity index is 1800. The van der Waals surface area contributed by atoms with E-state index in [0.717, 1.165) is 16.5 Å². The van der Waals surface area contributed by atoms with E-state index >= 15 is 0 Å². The first-order valence-electron chi connectivity index (χ1n) is 15.6. The number of allylic oxidation sites excluding steroid dienone is 2. The van der Waals surface area contributed by atoms with Gasteiger partial charge in [0.1, 0.15) is 5.82 Å². The van der Waals surface area contributed by atoms with E-state index in [2.05, 4.69) is 31.9 Å². The number of hydrogen-bond donors (Lipinski definition) is 2. The van der Waals surface area contributed by atoms with Crippen LogP contribution in [0.4, 0.5) is 10.1 Å². The van der Waals surface area contributed by atoms with Crippen LogP contribution in [0.3, 0.4) is 0 Å². The molecule has 2 heterocycles. The highest BCUT2D eigenvalue weighted by Gasteiger charge is 2.68. The molecule has 0 radical (unpaired) electrons. The molecule has 1 saturated carbocycles. The van der Waals surface area contributed by atoms with Crippen LogP contribution < -0.4 is 9.64 Å². The van der Waals surface area contributed by atoms with Gasteiger partial charge in [-0.2, -0.15) is 0 Å². The van der Waals surface area contributed by atoms with Crippen molar-refractivity contribution in [3.63, 3.8) is 0 Å². The van der Waals surface area contributed by atoms with Gasteiger partial charge in [0, 0.05) is 23.4 Å². The van der Waals surface area contributed by atoms with Gasteiger partial charge in [0.2, 0.25) is 23.6 Å². The number of phenols is 1. The Hall–Kier alpha value is -3.29. The minimum atomic E-state index is -1.40. The average molecular weight is 811 g/mol. The van der Waals surface area contributed by atoms with E-state index in [-0.39, 0.29) is 64.3 Å². The number of carbonyl (C=O) groups is 5. The second-order valence-electron chi connectivity index (χ2n) is 12.9. The smallest absolute Gasteiger partial charge is 0.303 e. The summed E-state index contributed by atoms with van der Waals surface area (Å²) in [6, 6.07) is 5.24. The van der Waals surface area contributed by atoms with Gasteiger partial charge in [0.05, 0.1) is 45.5 Å². The molecule has 0 aromatic heterocycles. The van der Waals surface area contributed by atoms with Crippen molar-refractivity contribution in [2.24, 2.45) is 29.1 Å². The van der Waals surface area contributed by atoms with E-state index in [1.165, 1.54) is 24.1 Å². The number of imide groups is 2. The number of methoxy groups -OCH3 is 1. The molecule has 10 nitrogen and oxygen atoms in total. The van der Waals surface area contributed by atoms with Crippen LogP contribution in [-0.4, -0.2) is 58.4 Å². The molecule has 3 fully saturated rings. The van der Waals surface area contributed by atoms with Crippen LogP contribution in [0.2, 0.25) is 5.02 Å². The molecule has 4 amide bonds. The van der Waals surface area contributed by atoms with Gasteiger partial charge in [-0.1, -0.05) is 29.7 Å². The Morgan fingerprint density at radius 3 is 2.46 bits per heavy atom. The largest absolute Gasteiger partial charge is 0.503 e. The highest BCUT2D eigenvalue weighted by Crippen LogP contribution is 2.65. The molecule has 0 spiro atoms. The normalized spacial score (nSPS) is 28.0. The molecule has 2 saturated heterocycles. The second kappa shape index (κ2) is 12.9. The van der Waals surface area contributed by atoms with Crippen LogP contribution in [0.5, 0.6) is 11.5 Å². The molecule has 4 aliphatic rings. The van der Waals surface area contributed by atoms with Gasteiger partial charge in [0.25, 0.3) is 0 Å². The number of anilines is 1. The zero-order chi connectivity index (χ0) is 34.8. The number of carboxylic acids is 1. The molecule has 0 bridgehead atoms. The second-order valence-corrected chi connectivity index (χ2v) is 14.9. The van der Waals surface area contributed by atoms with Crippen molar-refractivity contribution < 1.29 is 43.3 Å². The number of rotatable bonds is 9. The molecular formula is C34H32Br2ClFN2O8. The first-order chi connectivity index (χ1) is 22.7. The van der Waals surface area contributed by atoms with E-state index in [1.807, 2.05) is 6.08 Å². The van der Waals surface area contributed by atoms with Gasteiger partial charge in [-0.25, -0.2) is 9.29 Å². The number of aliphatic carboxylic acids is 1. The number of hydrogen-bond acceptors (Lipinski definition) is 7. The van der Waals surface area contributed by atoms with Gasteiger partial charge in [0.15, 0.2) is 11.5 Å². The third-order valence-corrected chi connectivity index (χ3v) is 13.0. The van der Waals surface area contributed by atoms with E-state index in [4.69, 9.17) is 21.4 Å². The summed E-state index contributed by atoms with van der Waals surface area (Å²) in [5.74, 6) is -7.06. The summed E-state index contributed by atoms with van der Waals surface area (Å²) >= 11 is 13.1. The van der Waals surface area contributed by atoms with Crippen LogP contribution in [0.25, 0.3) is 0 Å². The van der Waals surface area contributed by atoms with Crippen molar-refractivity contribution in [1.82, 2.24) is 4.90 Å². The van der Waals surface area contributed by atoms with E-state index in [0.29, 0.717) is 29.3 Å². The van der Waals surface area contributed by atoms with Gasteiger partial charge in [-0.3, -0.25) is 28.9 Å². The maximum atomic E-state index is 14.6. The van der Waals surface area contributed by atoms with E-state index in [1.54, 1.807) is 13.0 Å². The number of carbonyl (C=O) groups excluding carboxylic acids is 4. The molecular weight excluding hydrogens is 779 g/mol. The summed E-state index contributed by atoms with van der Waals surface area (Å²) in [4.78, 5) is 69.9. The highest BCUT2D eigenvalue weighted by molar-refractivity contribution is 9.13. The Balaban J connectivity index is 1.45. The van der Waals surface area contributed by atoms with Crippen molar-refractivity contribution in [3.05, 3.63) is 61.3 Å². The average Bonchev–Trinajstić information content (AvgIpc) is 3.41. The molecule has 2 aliphatic heterocycles. The number of ether oxygens (including phenoxy) is 1. The number of likely N-dealkylation sites (tertiary alicyclic amines) is 1. The minimum absolute atomic E-state index is 0.00561. The fraction of sp³-hybridized carbons (Fsp3) is 0.441. The van der Waals surface area contributed by atoms with Crippen LogP contribution in [0.15, 0.2) is 44.9 Å². The summed E-state index contributed by atoms with van der Waals surface area (Å²) in [5.41, 5.74) is -0.0112.